The van der Waals surface area contributed by atoms with Gasteiger partial charge < -0.3 is 10.6 Å². The first-order valence-corrected chi connectivity index (χ1v) is 7.76. The predicted octanol–water partition coefficient (Wildman–Crippen LogP) is 3.73. The molecule has 0 spiro atoms. The summed E-state index contributed by atoms with van der Waals surface area (Å²) in [6, 6.07) is 8.47. The number of anilines is 1. The van der Waals surface area contributed by atoms with Gasteiger partial charge in [-0.3, -0.25) is 4.79 Å². The molecule has 0 aromatic heterocycles. The Morgan fingerprint density at radius 2 is 2.10 bits per heavy atom. The van der Waals surface area contributed by atoms with Crippen molar-refractivity contribution in [3.63, 3.8) is 0 Å². The smallest absolute Gasteiger partial charge is 0.227 e. The molecule has 0 heterocycles. The van der Waals surface area contributed by atoms with Crippen molar-refractivity contribution in [2.75, 3.05) is 11.9 Å². The fraction of sp³-hybridized carbons (Fsp3) is 0.588. The predicted molar refractivity (Wildman–Crippen MR) is 83.7 cm³/mol. The lowest BCUT2D eigenvalue weighted by Gasteiger charge is -2.16. The van der Waals surface area contributed by atoms with Crippen LogP contribution in [0.3, 0.4) is 0 Å². The lowest BCUT2D eigenvalue weighted by Crippen LogP contribution is -2.22. The zero-order valence-corrected chi connectivity index (χ0v) is 12.8. The molecule has 110 valence electrons. The molecule has 3 nitrogen and oxygen atoms in total. The van der Waals surface area contributed by atoms with Gasteiger partial charge in [-0.15, -0.1) is 0 Å². The molecule has 2 N–H and O–H groups in total. The van der Waals surface area contributed by atoms with Crippen molar-refractivity contribution in [3.05, 3.63) is 29.8 Å². The maximum absolute atomic E-state index is 12.1. The number of benzene rings is 1. The fourth-order valence-corrected chi connectivity index (χ4v) is 2.43. The molecule has 2 atom stereocenters. The topological polar surface area (TPSA) is 41.1 Å². The van der Waals surface area contributed by atoms with Crippen LogP contribution in [0.15, 0.2) is 24.3 Å². The van der Waals surface area contributed by atoms with Gasteiger partial charge in [-0.2, -0.15) is 0 Å². The van der Waals surface area contributed by atoms with Crippen molar-refractivity contribution in [2.45, 2.75) is 46.1 Å². The summed E-state index contributed by atoms with van der Waals surface area (Å²) in [4.78, 5) is 12.1. The monoisotopic (exact) mass is 274 g/mol. The fourth-order valence-electron chi connectivity index (χ4n) is 2.43. The number of nitrogens with one attached hydrogen (secondary N) is 2. The Hall–Kier alpha value is -1.35. The summed E-state index contributed by atoms with van der Waals surface area (Å²) >= 11 is 0. The normalized spacial score (nSPS) is 17.6. The first kappa shape index (κ1) is 15.0. The van der Waals surface area contributed by atoms with E-state index in [1.807, 2.05) is 19.1 Å². The molecule has 0 aliphatic heterocycles. The molecule has 1 aliphatic rings. The number of carbonyl (C=O) groups excluding carboxylic acids is 1. The highest BCUT2D eigenvalue weighted by Crippen LogP contribution is 2.37. The van der Waals surface area contributed by atoms with E-state index in [-0.39, 0.29) is 11.8 Å². The number of hydrogen-bond donors (Lipinski definition) is 2. The van der Waals surface area contributed by atoms with Gasteiger partial charge in [-0.1, -0.05) is 26.0 Å². The van der Waals surface area contributed by atoms with Crippen LogP contribution in [0.25, 0.3) is 0 Å². The minimum absolute atomic E-state index is 0.134. The number of hydrogen-bond acceptors (Lipinski definition) is 2. The van der Waals surface area contributed by atoms with Gasteiger partial charge in [0.15, 0.2) is 0 Å². The first-order chi connectivity index (χ1) is 9.61. The van der Waals surface area contributed by atoms with E-state index in [2.05, 4.69) is 36.6 Å². The van der Waals surface area contributed by atoms with Crippen LogP contribution < -0.4 is 10.6 Å². The summed E-state index contributed by atoms with van der Waals surface area (Å²) in [6.45, 7) is 7.36. The van der Waals surface area contributed by atoms with Gasteiger partial charge in [0.05, 0.1) is 0 Å². The second-order valence-corrected chi connectivity index (χ2v) is 5.92. The van der Waals surface area contributed by atoms with Crippen molar-refractivity contribution < 1.29 is 4.79 Å². The van der Waals surface area contributed by atoms with Crippen LogP contribution in [0.4, 0.5) is 5.69 Å². The maximum Gasteiger partial charge on any atom is 0.227 e. The van der Waals surface area contributed by atoms with Gasteiger partial charge in [-0.05, 0) is 56.3 Å². The van der Waals surface area contributed by atoms with Gasteiger partial charge in [0.25, 0.3) is 0 Å². The van der Waals surface area contributed by atoms with E-state index in [0.717, 1.165) is 18.7 Å². The zero-order chi connectivity index (χ0) is 14.5. The molecule has 20 heavy (non-hydrogen) atoms. The van der Waals surface area contributed by atoms with Gasteiger partial charge >= 0.3 is 0 Å². The molecule has 2 unspecified atom stereocenters. The van der Waals surface area contributed by atoms with Crippen LogP contribution in [-0.4, -0.2) is 12.5 Å². The van der Waals surface area contributed by atoms with Crippen LogP contribution in [0.2, 0.25) is 0 Å². The molecule has 1 aromatic rings. The molecular weight excluding hydrogens is 248 g/mol. The van der Waals surface area contributed by atoms with Crippen molar-refractivity contribution in [1.82, 2.24) is 5.32 Å². The Kier molecular flexibility index (Phi) is 5.18. The second kappa shape index (κ2) is 6.89. The van der Waals surface area contributed by atoms with Crippen molar-refractivity contribution >= 4 is 11.6 Å². The maximum atomic E-state index is 12.1. The lowest BCUT2D eigenvalue weighted by molar-refractivity contribution is -0.119. The summed E-state index contributed by atoms with van der Waals surface area (Å²) in [5.41, 5.74) is 2.13. The molecule has 2 rings (SSSR count). The second-order valence-electron chi connectivity index (χ2n) is 5.92. The Labute approximate surface area is 122 Å². The molecule has 0 bridgehead atoms. The third-order valence-corrected chi connectivity index (χ3v) is 4.10. The average molecular weight is 274 g/mol. The van der Waals surface area contributed by atoms with Crippen LogP contribution in [0.5, 0.6) is 0 Å². The SMILES string of the molecule is CCCNC(C)c1cccc(NC(=O)C(C)C2CC2)c1. The van der Waals surface area contributed by atoms with E-state index in [4.69, 9.17) is 0 Å². The molecule has 0 radical (unpaired) electrons. The van der Waals surface area contributed by atoms with E-state index in [1.54, 1.807) is 0 Å². The number of amides is 1. The summed E-state index contributed by atoms with van der Waals surface area (Å²) in [6.07, 6.45) is 3.53. The third kappa shape index (κ3) is 4.07. The van der Waals surface area contributed by atoms with Gasteiger partial charge in [0, 0.05) is 17.6 Å². The first-order valence-electron chi connectivity index (χ1n) is 7.76. The van der Waals surface area contributed by atoms with Gasteiger partial charge in [0.2, 0.25) is 5.91 Å². The van der Waals surface area contributed by atoms with Crippen LogP contribution in [0, 0.1) is 11.8 Å². The van der Waals surface area contributed by atoms with Crippen molar-refractivity contribution in [2.24, 2.45) is 11.8 Å². The number of carbonyl (C=O) groups is 1. The highest BCUT2D eigenvalue weighted by molar-refractivity contribution is 5.92. The summed E-state index contributed by atoms with van der Waals surface area (Å²) in [5, 5.41) is 6.52. The Morgan fingerprint density at radius 1 is 1.35 bits per heavy atom. The minimum Gasteiger partial charge on any atom is -0.326 e. The lowest BCUT2D eigenvalue weighted by atomic mass is 10.0. The van der Waals surface area contributed by atoms with Crippen LogP contribution in [0.1, 0.15) is 51.6 Å². The minimum atomic E-state index is 0.134. The van der Waals surface area contributed by atoms with E-state index >= 15 is 0 Å². The molecule has 0 saturated heterocycles. The van der Waals surface area contributed by atoms with E-state index in [9.17, 15) is 4.79 Å². The number of rotatable bonds is 7. The Morgan fingerprint density at radius 3 is 2.75 bits per heavy atom. The molecule has 1 saturated carbocycles. The quantitative estimate of drug-likeness (QED) is 0.795. The van der Waals surface area contributed by atoms with Crippen molar-refractivity contribution in [1.29, 1.82) is 0 Å². The standard InChI is InChI=1S/C17H26N2O/c1-4-10-18-13(3)15-6-5-7-16(11-15)19-17(20)12(2)14-8-9-14/h5-7,11-14,18H,4,8-10H2,1-3H3,(H,19,20). The van der Waals surface area contributed by atoms with Gasteiger partial charge in [-0.25, -0.2) is 0 Å². The molecular formula is C17H26N2O. The Bertz CT molecular complexity index is 454. The summed E-state index contributed by atoms with van der Waals surface area (Å²) in [5.74, 6) is 0.886. The largest absolute Gasteiger partial charge is 0.326 e. The van der Waals surface area contributed by atoms with E-state index in [1.165, 1.54) is 18.4 Å². The Balaban J connectivity index is 1.96. The van der Waals surface area contributed by atoms with Gasteiger partial charge in [0.1, 0.15) is 0 Å². The van der Waals surface area contributed by atoms with Crippen LogP contribution in [-0.2, 0) is 4.79 Å². The van der Waals surface area contributed by atoms with Crippen LogP contribution >= 0.6 is 0 Å². The highest BCUT2D eigenvalue weighted by Gasteiger charge is 2.32. The van der Waals surface area contributed by atoms with Crippen molar-refractivity contribution in [3.8, 4) is 0 Å². The average Bonchev–Trinajstić information content (AvgIpc) is 3.28. The molecule has 1 fully saturated rings. The molecule has 1 aliphatic carbocycles. The highest BCUT2D eigenvalue weighted by atomic mass is 16.1. The molecule has 3 heteroatoms. The zero-order valence-electron chi connectivity index (χ0n) is 12.8. The summed E-state index contributed by atoms with van der Waals surface area (Å²) < 4.78 is 0. The molecule has 1 aromatic carbocycles. The summed E-state index contributed by atoms with van der Waals surface area (Å²) in [7, 11) is 0. The third-order valence-electron chi connectivity index (χ3n) is 4.10. The van der Waals surface area contributed by atoms with E-state index < -0.39 is 0 Å². The molecule has 1 amide bonds. The van der Waals surface area contributed by atoms with E-state index in [0.29, 0.717) is 12.0 Å².